The molecule has 5 rings (SSSR count). The van der Waals surface area contributed by atoms with Crippen LogP contribution in [0.4, 0.5) is 5.69 Å². The van der Waals surface area contributed by atoms with Crippen LogP contribution in [-0.4, -0.2) is 50.3 Å². The van der Waals surface area contributed by atoms with Gasteiger partial charge in [0.1, 0.15) is 13.1 Å². The second kappa shape index (κ2) is 8.73. The lowest BCUT2D eigenvalue weighted by Crippen LogP contribution is -3.11. The molecule has 1 N–H and O–H groups in total. The number of hydrogen-bond donors (Lipinski definition) is 1. The van der Waals surface area contributed by atoms with Crippen LogP contribution in [0.15, 0.2) is 48.5 Å². The summed E-state index contributed by atoms with van der Waals surface area (Å²) >= 11 is 0. The first-order valence-corrected chi connectivity index (χ1v) is 11.2. The van der Waals surface area contributed by atoms with Crippen LogP contribution < -0.4 is 14.9 Å². The smallest absolute Gasteiger partial charge is 0.106 e. The summed E-state index contributed by atoms with van der Waals surface area (Å²) in [4.78, 5) is 20.7. The van der Waals surface area contributed by atoms with E-state index in [4.69, 9.17) is 9.72 Å². The van der Waals surface area contributed by atoms with Gasteiger partial charge in [-0.1, -0.05) is 30.3 Å². The highest BCUT2D eigenvalue weighted by molar-refractivity contribution is 6.05. The van der Waals surface area contributed by atoms with E-state index in [9.17, 15) is 9.90 Å². The average Bonchev–Trinajstić information content (AvgIpc) is 2.83. The number of carboxylic acids is 1. The second-order valence-corrected chi connectivity index (χ2v) is 8.44. The number of para-hydroxylation sites is 1. The van der Waals surface area contributed by atoms with Crippen molar-refractivity contribution in [2.45, 2.75) is 13.5 Å². The van der Waals surface area contributed by atoms with E-state index < -0.39 is 5.97 Å². The van der Waals surface area contributed by atoms with E-state index in [0.29, 0.717) is 17.4 Å². The van der Waals surface area contributed by atoms with E-state index in [0.717, 1.165) is 61.8 Å². The minimum atomic E-state index is -1.13. The maximum absolute atomic E-state index is 12.2. The van der Waals surface area contributed by atoms with Gasteiger partial charge >= 0.3 is 0 Å². The summed E-state index contributed by atoms with van der Waals surface area (Å²) in [6.07, 6.45) is 2.15. The highest BCUT2D eigenvalue weighted by atomic mass is 16.5. The molecule has 3 aromatic rings. The summed E-state index contributed by atoms with van der Waals surface area (Å²) in [6.45, 7) is 7.83. The molecule has 0 bridgehead atoms. The fourth-order valence-corrected chi connectivity index (χ4v) is 4.76. The Balaban J connectivity index is 1.58. The predicted molar refractivity (Wildman–Crippen MR) is 123 cm³/mol. The summed E-state index contributed by atoms with van der Waals surface area (Å²) in [5.74, 6) is -1.13. The Bertz CT molecular complexity index is 1180. The number of aromatic nitrogens is 1. The second-order valence-electron chi connectivity index (χ2n) is 8.44. The number of rotatable bonds is 4. The molecule has 1 aromatic heterocycles. The Morgan fingerprint density at radius 3 is 2.59 bits per heavy atom. The minimum absolute atomic E-state index is 0.282. The monoisotopic (exact) mass is 429 g/mol. The number of nitrogens with zero attached hydrogens (tertiary/aromatic N) is 2. The third-order valence-corrected chi connectivity index (χ3v) is 6.48. The number of aromatic carboxylic acids is 1. The maximum atomic E-state index is 12.2. The van der Waals surface area contributed by atoms with Crippen molar-refractivity contribution in [2.24, 2.45) is 0 Å². The number of nitrogens with one attached hydrogen (secondary N) is 1. The highest BCUT2D eigenvalue weighted by Gasteiger charge is 2.28. The van der Waals surface area contributed by atoms with Crippen molar-refractivity contribution in [3.8, 4) is 0 Å². The Morgan fingerprint density at radius 1 is 1.12 bits per heavy atom. The quantitative estimate of drug-likeness (QED) is 0.679. The lowest BCUT2D eigenvalue weighted by Gasteiger charge is -2.29. The van der Waals surface area contributed by atoms with Crippen molar-refractivity contribution in [3.05, 3.63) is 70.9 Å². The van der Waals surface area contributed by atoms with Gasteiger partial charge in [0.2, 0.25) is 0 Å². The molecule has 32 heavy (non-hydrogen) atoms. The number of carbonyl (C=O) groups excluding carboxylic acids is 1. The van der Waals surface area contributed by atoms with Crippen molar-refractivity contribution in [2.75, 3.05) is 44.3 Å². The van der Waals surface area contributed by atoms with Gasteiger partial charge in [0.25, 0.3) is 0 Å². The van der Waals surface area contributed by atoms with Crippen LogP contribution in [0.3, 0.4) is 0 Å². The molecule has 0 amide bonds. The van der Waals surface area contributed by atoms with Gasteiger partial charge in [0.15, 0.2) is 0 Å². The van der Waals surface area contributed by atoms with Crippen molar-refractivity contribution in [1.29, 1.82) is 0 Å². The Labute approximate surface area is 187 Å². The molecule has 2 aliphatic rings. The summed E-state index contributed by atoms with van der Waals surface area (Å²) in [6, 6.07) is 16.0. The first kappa shape index (κ1) is 20.7. The largest absolute Gasteiger partial charge is 0.545 e. The van der Waals surface area contributed by atoms with Crippen LogP contribution in [0.2, 0.25) is 0 Å². The molecule has 164 valence electrons. The molecule has 0 spiro atoms. The Morgan fingerprint density at radius 2 is 1.88 bits per heavy atom. The van der Waals surface area contributed by atoms with Gasteiger partial charge in [-0.05, 0) is 36.8 Å². The third kappa shape index (κ3) is 3.87. The number of pyridine rings is 1. The zero-order valence-corrected chi connectivity index (χ0v) is 18.3. The van der Waals surface area contributed by atoms with Crippen molar-refractivity contribution < 1.29 is 19.5 Å². The molecule has 0 aliphatic carbocycles. The normalized spacial score (nSPS) is 19.8. The summed E-state index contributed by atoms with van der Waals surface area (Å²) in [5.41, 5.74) is 5.90. The number of carbonyl (C=O) groups is 1. The number of anilines is 1. The Hall–Kier alpha value is -3.22. The topological polar surface area (TPSA) is 69.9 Å². The number of quaternary nitrogens is 1. The average molecular weight is 430 g/mol. The number of morpholine rings is 1. The maximum Gasteiger partial charge on any atom is 0.106 e. The summed E-state index contributed by atoms with van der Waals surface area (Å²) < 4.78 is 5.45. The van der Waals surface area contributed by atoms with Crippen LogP contribution in [0.25, 0.3) is 22.6 Å². The number of fused-ring (bicyclic) bond motifs is 2. The van der Waals surface area contributed by atoms with Gasteiger partial charge in [-0.25, -0.2) is 4.98 Å². The van der Waals surface area contributed by atoms with Crippen LogP contribution >= 0.6 is 0 Å². The van der Waals surface area contributed by atoms with Gasteiger partial charge in [0, 0.05) is 40.9 Å². The molecule has 6 nitrogen and oxygen atoms in total. The van der Waals surface area contributed by atoms with Crippen LogP contribution in [0.5, 0.6) is 0 Å². The molecule has 1 unspecified atom stereocenters. The SMILES string of the molecule is CC[NH+]1C/C(=C\c2ccc(N3CCOCC3)cc2)c2nc3ccccc3c(C(=O)[O-])c2C1. The van der Waals surface area contributed by atoms with Crippen LogP contribution in [-0.2, 0) is 11.3 Å². The van der Waals surface area contributed by atoms with Gasteiger partial charge in [-0.2, -0.15) is 0 Å². The number of carboxylic acid groups (broad SMARTS) is 1. The fraction of sp³-hybridized carbons (Fsp3) is 0.308. The third-order valence-electron chi connectivity index (χ3n) is 6.48. The lowest BCUT2D eigenvalue weighted by molar-refractivity contribution is -0.905. The minimum Gasteiger partial charge on any atom is -0.545 e. The van der Waals surface area contributed by atoms with Gasteiger partial charge in [0.05, 0.1) is 36.9 Å². The van der Waals surface area contributed by atoms with Crippen LogP contribution in [0, 0.1) is 0 Å². The Kier molecular flexibility index (Phi) is 5.64. The van der Waals surface area contributed by atoms with Gasteiger partial charge < -0.3 is 24.4 Å². The molecule has 3 heterocycles. The van der Waals surface area contributed by atoms with E-state index in [2.05, 4.69) is 42.2 Å². The first-order valence-electron chi connectivity index (χ1n) is 11.2. The predicted octanol–water partition coefficient (Wildman–Crippen LogP) is 1.39. The lowest BCUT2D eigenvalue weighted by atomic mass is 9.92. The fourth-order valence-electron chi connectivity index (χ4n) is 4.76. The molecule has 2 aromatic carbocycles. The molecule has 0 radical (unpaired) electrons. The summed E-state index contributed by atoms with van der Waals surface area (Å²) in [5, 5.41) is 12.8. The van der Waals surface area contributed by atoms with Crippen LogP contribution in [0.1, 0.15) is 34.1 Å². The van der Waals surface area contributed by atoms with E-state index >= 15 is 0 Å². The summed E-state index contributed by atoms with van der Waals surface area (Å²) in [7, 11) is 0. The highest BCUT2D eigenvalue weighted by Crippen LogP contribution is 2.30. The molecule has 1 fully saturated rings. The molecule has 2 aliphatic heterocycles. The standard InChI is InChI=1S/C26H27N3O3/c1-2-28-16-19(15-18-7-9-20(10-8-18)29-11-13-32-14-12-29)25-22(17-28)24(26(30)31)21-5-3-4-6-23(21)27-25/h3-10,15H,2,11-14,16-17H2,1H3,(H,30,31)/b19-15+. The number of ether oxygens (including phenoxy) is 1. The molecule has 0 saturated carbocycles. The van der Waals surface area contributed by atoms with Crippen molar-refractivity contribution in [3.63, 3.8) is 0 Å². The molecule has 6 heteroatoms. The zero-order valence-electron chi connectivity index (χ0n) is 18.3. The van der Waals surface area contributed by atoms with E-state index in [-0.39, 0.29) is 5.56 Å². The van der Waals surface area contributed by atoms with E-state index in [1.807, 2.05) is 24.3 Å². The molecule has 1 saturated heterocycles. The molecular formula is C26H27N3O3. The molecule has 1 atom stereocenters. The van der Waals surface area contributed by atoms with Gasteiger partial charge in [-0.15, -0.1) is 0 Å². The van der Waals surface area contributed by atoms with E-state index in [1.54, 1.807) is 0 Å². The molecular weight excluding hydrogens is 402 g/mol. The van der Waals surface area contributed by atoms with Gasteiger partial charge in [-0.3, -0.25) is 0 Å². The van der Waals surface area contributed by atoms with Crippen molar-refractivity contribution >= 4 is 34.2 Å². The number of likely N-dealkylation sites (N-methyl/N-ethyl adjacent to an activating group) is 1. The first-order chi connectivity index (χ1) is 15.6. The van der Waals surface area contributed by atoms with Crippen molar-refractivity contribution in [1.82, 2.24) is 4.98 Å². The zero-order chi connectivity index (χ0) is 22.1. The number of hydrogen-bond acceptors (Lipinski definition) is 5. The van der Waals surface area contributed by atoms with E-state index in [1.165, 1.54) is 10.6 Å². The number of benzene rings is 2.